The van der Waals surface area contributed by atoms with Gasteiger partial charge in [0.2, 0.25) is 12.7 Å². The molecule has 0 saturated carbocycles. The maximum Gasteiger partial charge on any atom is 0.237 e. The number of fused-ring (bicyclic) bond motifs is 1. The summed E-state index contributed by atoms with van der Waals surface area (Å²) >= 11 is 7.43. The molecule has 7 nitrogen and oxygen atoms in total. The number of aryl methyl sites for hydroxylation is 1. The van der Waals surface area contributed by atoms with Gasteiger partial charge in [-0.05, 0) is 61.9 Å². The van der Waals surface area contributed by atoms with E-state index in [4.69, 9.17) is 21.1 Å². The SMILES string of the molecule is Cc1ccc(Cl)cc1NC(=O)[C@@H](C)Sc1nnc(-c2ccc3c(c2)OCO3)n1-c1ccccc1. The number of para-hydroxylation sites is 1. The summed E-state index contributed by atoms with van der Waals surface area (Å²) in [6.45, 7) is 3.96. The van der Waals surface area contributed by atoms with Gasteiger partial charge in [-0.1, -0.05) is 47.6 Å². The van der Waals surface area contributed by atoms with Crippen molar-refractivity contribution in [2.24, 2.45) is 0 Å². The first-order valence-electron chi connectivity index (χ1n) is 10.6. The molecule has 4 aromatic rings. The number of ether oxygens (including phenoxy) is 2. The van der Waals surface area contributed by atoms with Crippen molar-refractivity contribution in [1.82, 2.24) is 14.8 Å². The molecule has 0 fully saturated rings. The number of amides is 1. The van der Waals surface area contributed by atoms with Crippen LogP contribution in [-0.2, 0) is 4.79 Å². The molecule has 1 N–H and O–H groups in total. The van der Waals surface area contributed by atoms with Crippen molar-refractivity contribution >= 4 is 35.0 Å². The molecule has 0 unspecified atom stereocenters. The van der Waals surface area contributed by atoms with Gasteiger partial charge in [0, 0.05) is 22.0 Å². The highest BCUT2D eigenvalue weighted by Gasteiger charge is 2.23. The Labute approximate surface area is 206 Å². The Hall–Kier alpha value is -3.49. The molecule has 1 aromatic heterocycles. The number of hydrogen-bond donors (Lipinski definition) is 1. The Morgan fingerprint density at radius 1 is 1.06 bits per heavy atom. The van der Waals surface area contributed by atoms with Gasteiger partial charge in [-0.15, -0.1) is 10.2 Å². The first kappa shape index (κ1) is 22.3. The molecule has 0 radical (unpaired) electrons. The Kier molecular flexibility index (Phi) is 6.17. The smallest absolute Gasteiger partial charge is 0.237 e. The first-order chi connectivity index (χ1) is 16.5. The number of anilines is 1. The Bertz CT molecular complexity index is 1360. The lowest BCUT2D eigenvalue weighted by molar-refractivity contribution is -0.115. The number of halogens is 1. The van der Waals surface area contributed by atoms with Crippen LogP contribution >= 0.6 is 23.4 Å². The van der Waals surface area contributed by atoms with Crippen molar-refractivity contribution in [1.29, 1.82) is 0 Å². The molecule has 3 aromatic carbocycles. The quantitative estimate of drug-likeness (QED) is 0.345. The fraction of sp³-hybridized carbons (Fsp3) is 0.160. The van der Waals surface area contributed by atoms with Crippen molar-refractivity contribution in [2.45, 2.75) is 24.3 Å². The number of benzene rings is 3. The lowest BCUT2D eigenvalue weighted by Gasteiger charge is -2.15. The average Bonchev–Trinajstić information content (AvgIpc) is 3.48. The van der Waals surface area contributed by atoms with E-state index in [1.807, 2.05) is 73.0 Å². The van der Waals surface area contributed by atoms with Crippen molar-refractivity contribution in [3.63, 3.8) is 0 Å². The third kappa shape index (κ3) is 4.47. The van der Waals surface area contributed by atoms with Gasteiger partial charge in [-0.2, -0.15) is 0 Å². The third-order valence-electron chi connectivity index (χ3n) is 5.39. The fourth-order valence-corrected chi connectivity index (χ4v) is 4.59. The minimum atomic E-state index is -0.436. The second-order valence-electron chi connectivity index (χ2n) is 7.75. The van der Waals surface area contributed by atoms with Crippen LogP contribution in [0.1, 0.15) is 12.5 Å². The van der Waals surface area contributed by atoms with E-state index in [0.717, 1.165) is 16.8 Å². The molecule has 9 heteroatoms. The highest BCUT2D eigenvalue weighted by atomic mass is 35.5. The summed E-state index contributed by atoms with van der Waals surface area (Å²) in [6, 6.07) is 20.9. The molecular weight excluding hydrogens is 472 g/mol. The summed E-state index contributed by atoms with van der Waals surface area (Å²) in [5, 5.41) is 12.6. The molecule has 34 heavy (non-hydrogen) atoms. The molecule has 0 bridgehead atoms. The topological polar surface area (TPSA) is 78.3 Å². The van der Waals surface area contributed by atoms with Crippen LogP contribution in [0.25, 0.3) is 17.1 Å². The van der Waals surface area contributed by atoms with E-state index in [1.165, 1.54) is 11.8 Å². The lowest BCUT2D eigenvalue weighted by atomic mass is 10.2. The summed E-state index contributed by atoms with van der Waals surface area (Å²) in [5.74, 6) is 1.86. The monoisotopic (exact) mass is 492 g/mol. The van der Waals surface area contributed by atoms with Crippen molar-refractivity contribution in [3.05, 3.63) is 77.3 Å². The van der Waals surface area contributed by atoms with Gasteiger partial charge in [-0.3, -0.25) is 9.36 Å². The molecule has 1 aliphatic rings. The van der Waals surface area contributed by atoms with Crippen molar-refractivity contribution < 1.29 is 14.3 Å². The van der Waals surface area contributed by atoms with Crippen LogP contribution in [0.3, 0.4) is 0 Å². The van der Waals surface area contributed by atoms with E-state index in [0.29, 0.717) is 33.2 Å². The zero-order valence-electron chi connectivity index (χ0n) is 18.5. The molecule has 172 valence electrons. The number of carbonyl (C=O) groups excluding carboxylic acids is 1. The summed E-state index contributed by atoms with van der Waals surface area (Å²) in [6.07, 6.45) is 0. The van der Waals surface area contributed by atoms with E-state index in [2.05, 4.69) is 15.5 Å². The molecular formula is C25H21ClN4O3S. The van der Waals surface area contributed by atoms with Crippen LogP contribution in [0, 0.1) is 6.92 Å². The van der Waals surface area contributed by atoms with Crippen molar-refractivity contribution in [2.75, 3.05) is 12.1 Å². The maximum atomic E-state index is 13.0. The highest BCUT2D eigenvalue weighted by Crippen LogP contribution is 2.37. The Morgan fingerprint density at radius 3 is 2.68 bits per heavy atom. The second kappa shape index (κ2) is 9.40. The Morgan fingerprint density at radius 2 is 1.85 bits per heavy atom. The molecule has 5 rings (SSSR count). The van der Waals surface area contributed by atoms with Crippen molar-refractivity contribution in [3.8, 4) is 28.6 Å². The number of thioether (sulfide) groups is 1. The summed E-state index contributed by atoms with van der Waals surface area (Å²) in [7, 11) is 0. The molecule has 2 heterocycles. The van der Waals surface area contributed by atoms with Crippen LogP contribution in [0.5, 0.6) is 11.5 Å². The number of nitrogens with zero attached hydrogens (tertiary/aromatic N) is 3. The van der Waals surface area contributed by atoms with Gasteiger partial charge in [-0.25, -0.2) is 0 Å². The van der Waals surface area contributed by atoms with E-state index >= 15 is 0 Å². The number of aromatic nitrogens is 3. The zero-order chi connectivity index (χ0) is 23.7. The van der Waals surface area contributed by atoms with Crippen LogP contribution < -0.4 is 14.8 Å². The van der Waals surface area contributed by atoms with Gasteiger partial charge >= 0.3 is 0 Å². The van der Waals surface area contributed by atoms with Gasteiger partial charge < -0.3 is 14.8 Å². The largest absolute Gasteiger partial charge is 0.454 e. The molecule has 1 amide bonds. The first-order valence-corrected chi connectivity index (χ1v) is 11.9. The summed E-state index contributed by atoms with van der Waals surface area (Å²) in [4.78, 5) is 13.0. The van der Waals surface area contributed by atoms with E-state index in [-0.39, 0.29) is 12.7 Å². The number of rotatable bonds is 6. The molecule has 0 spiro atoms. The summed E-state index contributed by atoms with van der Waals surface area (Å²) < 4.78 is 12.9. The number of hydrogen-bond acceptors (Lipinski definition) is 6. The van der Waals surface area contributed by atoms with E-state index in [9.17, 15) is 4.79 Å². The number of nitrogens with one attached hydrogen (secondary N) is 1. The van der Waals surface area contributed by atoms with Gasteiger partial charge in [0.25, 0.3) is 0 Å². The maximum absolute atomic E-state index is 13.0. The van der Waals surface area contributed by atoms with Gasteiger partial charge in [0.1, 0.15) is 0 Å². The third-order valence-corrected chi connectivity index (χ3v) is 6.67. The van der Waals surface area contributed by atoms with Crippen LogP contribution in [0.2, 0.25) is 5.02 Å². The Balaban J connectivity index is 1.46. The molecule has 1 atom stereocenters. The van der Waals surface area contributed by atoms with Gasteiger partial charge in [0.15, 0.2) is 22.5 Å². The average molecular weight is 493 g/mol. The van der Waals surface area contributed by atoms with Crippen LogP contribution in [-0.4, -0.2) is 32.7 Å². The summed E-state index contributed by atoms with van der Waals surface area (Å²) in [5.41, 5.74) is 3.35. The standard InChI is InChI=1S/C25H21ClN4O3S/c1-15-8-10-18(26)13-20(15)27-24(31)16(2)34-25-29-28-23(30(25)19-6-4-3-5-7-19)17-9-11-21-22(12-17)33-14-32-21/h3-13,16H,14H2,1-2H3,(H,27,31)/t16-/m1/s1. The van der Waals surface area contributed by atoms with E-state index in [1.54, 1.807) is 12.1 Å². The zero-order valence-corrected chi connectivity index (χ0v) is 20.1. The van der Waals surface area contributed by atoms with Gasteiger partial charge in [0.05, 0.1) is 5.25 Å². The molecule has 0 aliphatic carbocycles. The highest BCUT2D eigenvalue weighted by molar-refractivity contribution is 8.00. The number of carbonyl (C=O) groups is 1. The normalized spacial score (nSPS) is 13.0. The minimum Gasteiger partial charge on any atom is -0.454 e. The fourth-order valence-electron chi connectivity index (χ4n) is 3.55. The van der Waals surface area contributed by atoms with Crippen LogP contribution in [0.4, 0.5) is 5.69 Å². The minimum absolute atomic E-state index is 0.150. The van der Waals surface area contributed by atoms with E-state index < -0.39 is 5.25 Å². The predicted molar refractivity (Wildman–Crippen MR) is 133 cm³/mol. The predicted octanol–water partition coefficient (Wildman–Crippen LogP) is 5.74. The lowest BCUT2D eigenvalue weighted by Crippen LogP contribution is -2.23. The molecule has 1 aliphatic heterocycles. The van der Waals surface area contributed by atoms with Crippen LogP contribution in [0.15, 0.2) is 71.9 Å². The molecule has 0 saturated heterocycles. The second-order valence-corrected chi connectivity index (χ2v) is 9.50.